The number of unbranched alkanes of at least 4 members (excludes halogenated alkanes) is 1. The van der Waals surface area contributed by atoms with E-state index in [2.05, 4.69) is 37.1 Å². The van der Waals surface area contributed by atoms with E-state index in [0.29, 0.717) is 4.32 Å². The van der Waals surface area contributed by atoms with Crippen molar-refractivity contribution in [3.63, 3.8) is 0 Å². The van der Waals surface area contributed by atoms with Crippen molar-refractivity contribution in [2.24, 2.45) is 0 Å². The zero-order valence-electron chi connectivity index (χ0n) is 6.24. The van der Waals surface area contributed by atoms with Crippen LogP contribution in [-0.2, 0) is 29.7 Å². The standard InChI is InChI=1S/C5H11NS2.Cu.H3N/c1-2-3-4-6-5(7)8;;/h2-4H2,1H3,(H2,6,7,8);;1H3. The van der Waals surface area contributed by atoms with Gasteiger partial charge in [0.15, 0.2) is 0 Å². The van der Waals surface area contributed by atoms with E-state index >= 15 is 0 Å². The van der Waals surface area contributed by atoms with Crippen molar-refractivity contribution in [1.82, 2.24) is 11.5 Å². The molecule has 10 heavy (non-hydrogen) atoms. The molecule has 5 heteroatoms. The van der Waals surface area contributed by atoms with Gasteiger partial charge >= 0.3 is 0 Å². The van der Waals surface area contributed by atoms with Crippen molar-refractivity contribution in [3.8, 4) is 0 Å². The molecule has 0 fully saturated rings. The third-order valence-electron chi connectivity index (χ3n) is 0.800. The minimum Gasteiger partial charge on any atom is -0.412 e. The van der Waals surface area contributed by atoms with Gasteiger partial charge in [0, 0.05) is 23.6 Å². The zero-order valence-corrected chi connectivity index (χ0v) is 8.81. The summed E-state index contributed by atoms with van der Waals surface area (Å²) in [5.41, 5.74) is 0. The van der Waals surface area contributed by atoms with Crippen molar-refractivity contribution in [3.05, 3.63) is 0 Å². The molecule has 0 saturated heterocycles. The van der Waals surface area contributed by atoms with Gasteiger partial charge in [0.25, 0.3) is 0 Å². The Kier molecular flexibility index (Phi) is 20.8. The van der Waals surface area contributed by atoms with Crippen LogP contribution in [0.2, 0.25) is 0 Å². The van der Waals surface area contributed by atoms with Gasteiger partial charge in [-0.2, -0.15) is 0 Å². The second-order valence-electron chi connectivity index (χ2n) is 1.57. The Morgan fingerprint density at radius 1 is 1.60 bits per heavy atom. The van der Waals surface area contributed by atoms with Crippen LogP contribution in [0.5, 0.6) is 0 Å². The Bertz CT molecular complexity index is 80.0. The molecule has 0 bridgehead atoms. The van der Waals surface area contributed by atoms with Crippen LogP contribution in [0.15, 0.2) is 0 Å². The Morgan fingerprint density at radius 2 is 2.10 bits per heavy atom. The minimum absolute atomic E-state index is 0. The summed E-state index contributed by atoms with van der Waals surface area (Å²) in [7, 11) is 0. The number of nitrogens with one attached hydrogen (secondary N) is 1. The topological polar surface area (TPSA) is 48.5 Å². The third kappa shape index (κ3) is 15.8. The van der Waals surface area contributed by atoms with E-state index in [9.17, 15) is 0 Å². The molecule has 0 heterocycles. The van der Waals surface area contributed by atoms with Crippen molar-refractivity contribution < 1.29 is 17.1 Å². The molecule has 0 aromatic heterocycles. The molecule has 67 valence electrons. The fourth-order valence-electron chi connectivity index (χ4n) is 0.367. The molecule has 0 aromatic carbocycles. The average molecular weight is 230 g/mol. The predicted molar refractivity (Wildman–Crippen MR) is 48.9 cm³/mol. The van der Waals surface area contributed by atoms with Crippen LogP contribution in [0.4, 0.5) is 0 Å². The van der Waals surface area contributed by atoms with Crippen LogP contribution < -0.4 is 11.5 Å². The summed E-state index contributed by atoms with van der Waals surface area (Å²) < 4.78 is 0.485. The normalized spacial score (nSPS) is 6.90. The SMILES string of the molecule is CCCCNC(=S)[S-].[Cu].[NH4+]. The molecule has 0 aliphatic rings. The first-order valence-corrected chi connectivity index (χ1v) is 3.54. The zero-order chi connectivity index (χ0) is 6.41. The Hall–Kier alpha value is 0.589. The second-order valence-corrected chi connectivity index (χ2v) is 2.64. The molecule has 0 spiro atoms. The number of thiocarbonyl (C=S) groups is 1. The molecular formula is C5H14CuN2S2. The predicted octanol–water partition coefficient (Wildman–Crippen LogP) is 1.58. The molecule has 0 unspecified atom stereocenters. The molecule has 0 atom stereocenters. The van der Waals surface area contributed by atoms with Crippen LogP contribution in [0.1, 0.15) is 19.8 Å². The number of hydrogen-bond acceptors (Lipinski definition) is 2. The van der Waals surface area contributed by atoms with Gasteiger partial charge in [0.05, 0.1) is 0 Å². The van der Waals surface area contributed by atoms with Gasteiger partial charge in [0.2, 0.25) is 0 Å². The van der Waals surface area contributed by atoms with Crippen LogP contribution in [0, 0.1) is 0 Å². The van der Waals surface area contributed by atoms with Crippen molar-refractivity contribution in [2.75, 3.05) is 6.54 Å². The van der Waals surface area contributed by atoms with Gasteiger partial charge < -0.3 is 36.3 Å². The van der Waals surface area contributed by atoms with Crippen molar-refractivity contribution >= 4 is 29.2 Å². The molecular weight excluding hydrogens is 216 g/mol. The molecule has 0 aliphatic heterocycles. The monoisotopic (exact) mass is 229 g/mol. The van der Waals surface area contributed by atoms with Crippen LogP contribution in [0.25, 0.3) is 0 Å². The molecule has 1 radical (unpaired) electrons. The molecule has 0 saturated carbocycles. The summed E-state index contributed by atoms with van der Waals surface area (Å²) in [6, 6.07) is 0. The summed E-state index contributed by atoms with van der Waals surface area (Å²) >= 11 is 9.23. The Labute approximate surface area is 84.0 Å². The summed E-state index contributed by atoms with van der Waals surface area (Å²) in [4.78, 5) is 0. The quantitative estimate of drug-likeness (QED) is 0.335. The summed E-state index contributed by atoms with van der Waals surface area (Å²) in [5, 5.41) is 2.89. The summed E-state index contributed by atoms with van der Waals surface area (Å²) in [6.45, 7) is 3.06. The Morgan fingerprint density at radius 3 is 2.40 bits per heavy atom. The van der Waals surface area contributed by atoms with Crippen LogP contribution in [-0.4, -0.2) is 10.9 Å². The van der Waals surface area contributed by atoms with Crippen LogP contribution >= 0.6 is 12.2 Å². The maximum absolute atomic E-state index is 4.61. The van der Waals surface area contributed by atoms with Gasteiger partial charge in [-0.15, -0.1) is 0 Å². The van der Waals surface area contributed by atoms with E-state index in [4.69, 9.17) is 0 Å². The molecule has 0 aromatic rings. The summed E-state index contributed by atoms with van der Waals surface area (Å²) in [6.07, 6.45) is 2.34. The first-order chi connectivity index (χ1) is 3.77. The molecule has 2 nitrogen and oxygen atoms in total. The third-order valence-corrected chi connectivity index (χ3v) is 1.09. The van der Waals surface area contributed by atoms with E-state index in [1.54, 1.807) is 0 Å². The van der Waals surface area contributed by atoms with Gasteiger partial charge in [0.1, 0.15) is 0 Å². The van der Waals surface area contributed by atoms with Gasteiger partial charge in [-0.05, 0) is 6.42 Å². The second kappa shape index (κ2) is 12.3. The fourth-order valence-corrected chi connectivity index (χ4v) is 0.571. The largest absolute Gasteiger partial charge is 0.412 e. The first kappa shape index (κ1) is 16.9. The smallest absolute Gasteiger partial charge is 0.0131 e. The van der Waals surface area contributed by atoms with Crippen LogP contribution in [0.3, 0.4) is 0 Å². The van der Waals surface area contributed by atoms with E-state index in [0.717, 1.165) is 13.0 Å². The van der Waals surface area contributed by atoms with E-state index in [-0.39, 0.29) is 23.2 Å². The number of quaternary nitrogens is 1. The van der Waals surface area contributed by atoms with Crippen molar-refractivity contribution in [2.45, 2.75) is 19.8 Å². The fraction of sp³-hybridized carbons (Fsp3) is 0.800. The molecule has 0 amide bonds. The van der Waals surface area contributed by atoms with Crippen molar-refractivity contribution in [1.29, 1.82) is 0 Å². The molecule has 0 aliphatic carbocycles. The summed E-state index contributed by atoms with van der Waals surface area (Å²) in [5.74, 6) is 0. The van der Waals surface area contributed by atoms with E-state index < -0.39 is 0 Å². The van der Waals surface area contributed by atoms with Gasteiger partial charge in [-0.3, -0.25) is 0 Å². The number of rotatable bonds is 3. The first-order valence-electron chi connectivity index (χ1n) is 2.72. The number of hydrogen-bond donors (Lipinski definition) is 2. The Balaban J connectivity index is -0.000000245. The maximum atomic E-state index is 4.61. The van der Waals surface area contributed by atoms with Gasteiger partial charge in [-0.25, -0.2) is 0 Å². The maximum Gasteiger partial charge on any atom is 0.0131 e. The van der Waals surface area contributed by atoms with E-state index in [1.807, 2.05) is 0 Å². The molecule has 5 N–H and O–H groups in total. The minimum atomic E-state index is 0. The molecule has 0 rings (SSSR count). The average Bonchev–Trinajstić information content (AvgIpc) is 1.66. The van der Waals surface area contributed by atoms with E-state index in [1.165, 1.54) is 6.42 Å². The van der Waals surface area contributed by atoms with Gasteiger partial charge in [-0.1, -0.05) is 17.7 Å².